The average molecular weight is 494 g/mol. The highest BCUT2D eigenvalue weighted by molar-refractivity contribution is 6.75. The maximum atomic E-state index is 14.6. The molecular weight excluding hydrogens is 456 g/mol. The highest BCUT2D eigenvalue weighted by Crippen LogP contribution is 2.45. The predicted molar refractivity (Wildman–Crippen MR) is 147 cm³/mol. The van der Waals surface area contributed by atoms with Gasteiger partial charge in [0, 0.05) is 27.5 Å². The summed E-state index contributed by atoms with van der Waals surface area (Å²) in [4.78, 5) is 0. The molecule has 7 heteroatoms. The van der Waals surface area contributed by atoms with E-state index in [1.54, 1.807) is 6.07 Å². The molecule has 3 aromatic rings. The zero-order valence-corrected chi connectivity index (χ0v) is 23.4. The van der Waals surface area contributed by atoms with Crippen LogP contribution in [0.1, 0.15) is 48.5 Å². The molecule has 0 spiro atoms. The molecule has 1 saturated heterocycles. The molecule has 2 N–H and O–H groups in total. The second-order valence-corrected chi connectivity index (χ2v) is 16.8. The monoisotopic (exact) mass is 493 g/mol. The third-order valence-corrected chi connectivity index (χ3v) is 12.3. The number of hydrogen-bond donors (Lipinski definition) is 1. The predicted octanol–water partition coefficient (Wildman–Crippen LogP) is 6.91. The van der Waals surface area contributed by atoms with Crippen molar-refractivity contribution in [1.82, 2.24) is 0 Å². The Morgan fingerprint density at radius 2 is 1.49 bits per heavy atom. The van der Waals surface area contributed by atoms with Crippen molar-refractivity contribution in [1.29, 1.82) is 0 Å². The Labute approximate surface area is 210 Å². The van der Waals surface area contributed by atoms with Gasteiger partial charge in [0.1, 0.15) is 11.6 Å². The molecule has 0 radical (unpaired) electrons. The first-order valence-electron chi connectivity index (χ1n) is 12.2. The van der Waals surface area contributed by atoms with Crippen LogP contribution in [0.3, 0.4) is 0 Å². The highest BCUT2D eigenvalue weighted by atomic mass is 28.4. The van der Waals surface area contributed by atoms with Crippen LogP contribution in [0.15, 0.2) is 48.5 Å². The van der Waals surface area contributed by atoms with Crippen molar-refractivity contribution in [3.05, 3.63) is 54.3 Å². The molecule has 3 aromatic carbocycles. The van der Waals surface area contributed by atoms with E-state index in [1.165, 1.54) is 12.1 Å². The molecule has 1 aliphatic rings. The highest BCUT2D eigenvalue weighted by Gasteiger charge is 2.54. The smallest absolute Gasteiger partial charge is 0.499 e. The van der Waals surface area contributed by atoms with Crippen LogP contribution in [0.2, 0.25) is 18.1 Å². The largest absolute Gasteiger partial charge is 0.543 e. The first-order valence-corrected chi connectivity index (χ1v) is 15.1. The Hall–Kier alpha value is -2.35. The zero-order chi connectivity index (χ0) is 26.0. The van der Waals surface area contributed by atoms with Crippen molar-refractivity contribution in [2.75, 3.05) is 5.73 Å². The second kappa shape index (κ2) is 8.36. The van der Waals surface area contributed by atoms with Crippen molar-refractivity contribution in [3.8, 4) is 16.9 Å². The number of halogens is 1. The Kier molecular flexibility index (Phi) is 6.15. The maximum absolute atomic E-state index is 14.6. The van der Waals surface area contributed by atoms with Gasteiger partial charge in [-0.25, -0.2) is 4.39 Å². The number of rotatable bonds is 4. The van der Waals surface area contributed by atoms with Gasteiger partial charge in [-0.05, 0) is 69.6 Å². The lowest BCUT2D eigenvalue weighted by Crippen LogP contribution is -2.47. The fourth-order valence-corrected chi connectivity index (χ4v) is 5.13. The Balaban J connectivity index is 2.13. The van der Waals surface area contributed by atoms with E-state index in [-0.39, 0.29) is 10.9 Å². The molecule has 0 unspecified atom stereocenters. The van der Waals surface area contributed by atoms with E-state index in [2.05, 4.69) is 33.9 Å². The normalized spacial score (nSPS) is 17.7. The molecule has 35 heavy (non-hydrogen) atoms. The van der Waals surface area contributed by atoms with E-state index in [0.29, 0.717) is 16.8 Å². The minimum atomic E-state index is -2.35. The van der Waals surface area contributed by atoms with Gasteiger partial charge < -0.3 is 19.5 Å². The molecule has 1 heterocycles. The van der Waals surface area contributed by atoms with Gasteiger partial charge in [-0.15, -0.1) is 0 Å². The standard InChI is InChI=1S/C28H37BFNO3Si/c1-26(2,3)35(8,9)32-25-21-17-19(30)15-16-20(21)24(31)22(18-13-11-10-12-14-18)23(25)29-33-27(4,5)28(6,7)34-29/h10-17H,31H2,1-9H3. The van der Waals surface area contributed by atoms with E-state index < -0.39 is 26.6 Å². The first kappa shape index (κ1) is 25.7. The maximum Gasteiger partial charge on any atom is 0.499 e. The van der Waals surface area contributed by atoms with Gasteiger partial charge in [0.25, 0.3) is 0 Å². The van der Waals surface area contributed by atoms with Crippen LogP contribution < -0.4 is 15.6 Å². The fraction of sp³-hybridized carbons (Fsp3) is 0.429. The second-order valence-electron chi connectivity index (χ2n) is 12.0. The molecule has 0 atom stereocenters. The van der Waals surface area contributed by atoms with E-state index in [9.17, 15) is 4.39 Å². The van der Waals surface area contributed by atoms with Crippen LogP contribution in [0.4, 0.5) is 10.1 Å². The lowest BCUT2D eigenvalue weighted by Gasteiger charge is -2.38. The summed E-state index contributed by atoms with van der Waals surface area (Å²) in [6, 6.07) is 14.7. The summed E-state index contributed by atoms with van der Waals surface area (Å²) < 4.78 is 34.7. The van der Waals surface area contributed by atoms with E-state index in [4.69, 9.17) is 19.5 Å². The number of benzene rings is 3. The molecule has 1 fully saturated rings. The zero-order valence-electron chi connectivity index (χ0n) is 22.4. The van der Waals surface area contributed by atoms with Gasteiger partial charge in [0.15, 0.2) is 0 Å². The van der Waals surface area contributed by atoms with Crippen LogP contribution >= 0.6 is 0 Å². The molecule has 0 bridgehead atoms. The lowest BCUT2D eigenvalue weighted by atomic mass is 9.71. The van der Waals surface area contributed by atoms with Crippen molar-refractivity contribution in [2.45, 2.75) is 77.8 Å². The quantitative estimate of drug-likeness (QED) is 0.317. The van der Waals surface area contributed by atoms with Crippen LogP contribution in [0.25, 0.3) is 21.9 Å². The first-order chi connectivity index (χ1) is 16.1. The van der Waals surface area contributed by atoms with Crippen molar-refractivity contribution >= 4 is 37.4 Å². The van der Waals surface area contributed by atoms with Crippen molar-refractivity contribution in [3.63, 3.8) is 0 Å². The molecule has 0 aliphatic carbocycles. The van der Waals surface area contributed by atoms with Gasteiger partial charge in [0.05, 0.1) is 11.2 Å². The minimum Gasteiger partial charge on any atom is -0.543 e. The minimum absolute atomic E-state index is 0.0753. The Morgan fingerprint density at radius 1 is 0.914 bits per heavy atom. The molecule has 4 rings (SSSR count). The Morgan fingerprint density at radius 3 is 2.03 bits per heavy atom. The molecule has 4 nitrogen and oxygen atoms in total. The number of anilines is 1. The molecule has 0 amide bonds. The summed E-state index contributed by atoms with van der Waals surface area (Å²) >= 11 is 0. The number of nitrogens with two attached hydrogens (primary N) is 1. The Bertz CT molecular complexity index is 1250. The molecular formula is C28H37BFNO3Si. The van der Waals surface area contributed by atoms with E-state index in [0.717, 1.165) is 22.0 Å². The van der Waals surface area contributed by atoms with E-state index >= 15 is 0 Å². The summed E-state index contributed by atoms with van der Waals surface area (Å²) in [5.41, 5.74) is 8.72. The van der Waals surface area contributed by atoms with Gasteiger partial charge in [-0.1, -0.05) is 51.1 Å². The van der Waals surface area contributed by atoms with Crippen LogP contribution in [0, 0.1) is 5.82 Å². The molecule has 1 aliphatic heterocycles. The van der Waals surface area contributed by atoms with Crippen molar-refractivity contribution in [2.24, 2.45) is 0 Å². The number of fused-ring (bicyclic) bond motifs is 1. The fourth-order valence-electron chi connectivity index (χ4n) is 4.10. The molecule has 0 saturated carbocycles. The third kappa shape index (κ3) is 4.39. The van der Waals surface area contributed by atoms with Crippen LogP contribution in [-0.2, 0) is 9.31 Å². The third-order valence-electron chi connectivity index (χ3n) is 8.01. The van der Waals surface area contributed by atoms with Gasteiger partial charge in [-0.3, -0.25) is 0 Å². The lowest BCUT2D eigenvalue weighted by molar-refractivity contribution is 0.00578. The summed E-state index contributed by atoms with van der Waals surface area (Å²) in [7, 11) is -3.08. The van der Waals surface area contributed by atoms with Gasteiger partial charge in [0.2, 0.25) is 8.32 Å². The molecule has 186 valence electrons. The van der Waals surface area contributed by atoms with Crippen molar-refractivity contribution < 1.29 is 18.1 Å². The molecule has 0 aromatic heterocycles. The summed E-state index contributed by atoms with van der Waals surface area (Å²) in [5.74, 6) is 0.252. The summed E-state index contributed by atoms with van der Waals surface area (Å²) in [6.45, 7) is 19.0. The number of hydrogen-bond acceptors (Lipinski definition) is 4. The average Bonchev–Trinajstić information content (AvgIpc) is 2.96. The van der Waals surface area contributed by atoms with Crippen LogP contribution in [0.5, 0.6) is 5.75 Å². The SMILES string of the molecule is CC1(C)OB(c2c(-c3ccccc3)c(N)c3ccc(F)cc3c2O[Si](C)(C)C(C)(C)C)OC1(C)C. The topological polar surface area (TPSA) is 53.7 Å². The van der Waals surface area contributed by atoms with Gasteiger partial charge in [-0.2, -0.15) is 0 Å². The summed E-state index contributed by atoms with van der Waals surface area (Å²) in [5, 5.41) is 1.31. The van der Waals surface area contributed by atoms with Gasteiger partial charge >= 0.3 is 7.12 Å². The van der Waals surface area contributed by atoms with Crippen LogP contribution in [-0.4, -0.2) is 26.6 Å². The summed E-state index contributed by atoms with van der Waals surface area (Å²) in [6.07, 6.45) is 0. The number of nitrogen functional groups attached to an aromatic ring is 1. The van der Waals surface area contributed by atoms with E-state index in [1.807, 2.05) is 58.0 Å².